The van der Waals surface area contributed by atoms with Crippen molar-refractivity contribution in [2.45, 2.75) is 31.6 Å². The van der Waals surface area contributed by atoms with Gasteiger partial charge in [-0.25, -0.2) is 8.42 Å². The number of nitrogens with one attached hydrogen (secondary N) is 1. The second kappa shape index (κ2) is 7.50. The van der Waals surface area contributed by atoms with Crippen molar-refractivity contribution in [3.05, 3.63) is 23.8 Å². The van der Waals surface area contributed by atoms with Crippen molar-refractivity contribution in [3.63, 3.8) is 0 Å². The summed E-state index contributed by atoms with van der Waals surface area (Å²) >= 11 is 0. The van der Waals surface area contributed by atoms with Gasteiger partial charge in [-0.15, -0.1) is 0 Å². The number of aryl methyl sites for hydroxylation is 1. The third kappa shape index (κ3) is 5.38. The Labute approximate surface area is 123 Å². The van der Waals surface area contributed by atoms with Crippen molar-refractivity contribution in [2.75, 3.05) is 13.2 Å². The van der Waals surface area contributed by atoms with Crippen molar-refractivity contribution in [2.24, 2.45) is 0 Å². The average Bonchev–Trinajstić information content (AvgIpc) is 2.36. The first-order valence-electron chi connectivity index (χ1n) is 6.29. The number of hydrogen-bond donors (Lipinski definition) is 1. The molecule has 20 heavy (non-hydrogen) atoms. The molecule has 0 saturated heterocycles. The van der Waals surface area contributed by atoms with Gasteiger partial charge in [-0.05, 0) is 37.1 Å². The van der Waals surface area contributed by atoms with Crippen LogP contribution in [-0.4, -0.2) is 27.5 Å². The largest absolute Gasteiger partial charge is 0.484 e. The molecule has 0 saturated carbocycles. The predicted molar refractivity (Wildman–Crippen MR) is 77.6 cm³/mol. The topological polar surface area (TPSA) is 72.5 Å². The minimum atomic E-state index is -3.75. The zero-order valence-electron chi connectivity index (χ0n) is 11.5. The molecule has 0 bridgehead atoms. The van der Waals surface area contributed by atoms with Gasteiger partial charge in [0.15, 0.2) is 6.61 Å². The molecular formula is C13H18ClNO4S. The quantitative estimate of drug-likeness (QED) is 0.618. The molecular weight excluding hydrogens is 302 g/mol. The van der Waals surface area contributed by atoms with Crippen LogP contribution >= 0.6 is 10.7 Å². The highest BCUT2D eigenvalue weighted by Crippen LogP contribution is 2.23. The lowest BCUT2D eigenvalue weighted by Crippen LogP contribution is -2.29. The van der Waals surface area contributed by atoms with Gasteiger partial charge in [0.1, 0.15) is 5.75 Å². The van der Waals surface area contributed by atoms with Gasteiger partial charge >= 0.3 is 0 Å². The van der Waals surface area contributed by atoms with Crippen LogP contribution < -0.4 is 10.1 Å². The van der Waals surface area contributed by atoms with E-state index in [1.54, 1.807) is 6.92 Å². The number of amides is 1. The van der Waals surface area contributed by atoms with E-state index in [-0.39, 0.29) is 17.4 Å². The van der Waals surface area contributed by atoms with Crippen LogP contribution in [0.25, 0.3) is 0 Å². The second-order valence-electron chi connectivity index (χ2n) is 4.36. The molecule has 1 rings (SSSR count). The van der Waals surface area contributed by atoms with Gasteiger partial charge in [-0.2, -0.15) is 0 Å². The highest BCUT2D eigenvalue weighted by atomic mass is 35.7. The maximum atomic E-state index is 11.5. The molecule has 112 valence electrons. The molecule has 0 aromatic heterocycles. The fourth-order valence-electron chi connectivity index (χ4n) is 1.53. The molecule has 0 spiro atoms. The van der Waals surface area contributed by atoms with Gasteiger partial charge in [0.05, 0.1) is 4.90 Å². The van der Waals surface area contributed by atoms with Gasteiger partial charge < -0.3 is 10.1 Å². The third-order valence-corrected chi connectivity index (χ3v) is 3.99. The number of unbranched alkanes of at least 4 members (excludes halogenated alkanes) is 1. The third-order valence-electron chi connectivity index (χ3n) is 2.64. The van der Waals surface area contributed by atoms with E-state index in [0.717, 1.165) is 12.8 Å². The zero-order chi connectivity index (χ0) is 15.2. The van der Waals surface area contributed by atoms with Crippen LogP contribution in [0, 0.1) is 6.92 Å². The van der Waals surface area contributed by atoms with Crippen LogP contribution in [0.4, 0.5) is 0 Å². The summed E-state index contributed by atoms with van der Waals surface area (Å²) in [4.78, 5) is 11.5. The summed E-state index contributed by atoms with van der Waals surface area (Å²) < 4.78 is 27.7. The van der Waals surface area contributed by atoms with Crippen molar-refractivity contribution < 1.29 is 17.9 Å². The van der Waals surface area contributed by atoms with E-state index in [1.807, 2.05) is 6.92 Å². The lowest BCUT2D eigenvalue weighted by atomic mass is 10.2. The molecule has 0 aliphatic rings. The summed E-state index contributed by atoms with van der Waals surface area (Å²) in [6, 6.07) is 4.25. The standard InChI is InChI=1S/C13H18ClNO4S/c1-3-4-7-15-13(16)9-19-12-6-5-11(8-10(12)2)20(14,17)18/h5-6,8H,3-4,7,9H2,1-2H3,(H,15,16). The number of benzene rings is 1. The van der Waals surface area contributed by atoms with E-state index in [2.05, 4.69) is 5.32 Å². The maximum absolute atomic E-state index is 11.5. The zero-order valence-corrected chi connectivity index (χ0v) is 13.1. The monoisotopic (exact) mass is 319 g/mol. The Balaban J connectivity index is 2.59. The molecule has 0 aliphatic carbocycles. The SMILES string of the molecule is CCCCNC(=O)COc1ccc(S(=O)(=O)Cl)cc1C. The normalized spacial score (nSPS) is 11.2. The molecule has 0 heterocycles. The van der Waals surface area contributed by atoms with Crippen molar-refractivity contribution in [3.8, 4) is 5.75 Å². The summed E-state index contributed by atoms with van der Waals surface area (Å²) in [6.07, 6.45) is 1.93. The summed E-state index contributed by atoms with van der Waals surface area (Å²) in [5.41, 5.74) is 0.605. The van der Waals surface area contributed by atoms with Gasteiger partial charge in [0.25, 0.3) is 15.0 Å². The molecule has 1 aromatic carbocycles. The van der Waals surface area contributed by atoms with E-state index in [9.17, 15) is 13.2 Å². The highest BCUT2D eigenvalue weighted by molar-refractivity contribution is 8.13. The molecule has 0 unspecified atom stereocenters. The lowest BCUT2D eigenvalue weighted by Gasteiger charge is -2.10. The highest BCUT2D eigenvalue weighted by Gasteiger charge is 2.12. The minimum Gasteiger partial charge on any atom is -0.484 e. The second-order valence-corrected chi connectivity index (χ2v) is 6.92. The maximum Gasteiger partial charge on any atom is 0.261 e. The van der Waals surface area contributed by atoms with E-state index in [1.165, 1.54) is 18.2 Å². The van der Waals surface area contributed by atoms with Crippen molar-refractivity contribution in [1.29, 1.82) is 0 Å². The smallest absolute Gasteiger partial charge is 0.261 e. The van der Waals surface area contributed by atoms with Gasteiger partial charge in [-0.3, -0.25) is 4.79 Å². The van der Waals surface area contributed by atoms with Crippen LogP contribution in [0.1, 0.15) is 25.3 Å². The summed E-state index contributed by atoms with van der Waals surface area (Å²) in [6.45, 7) is 4.26. The molecule has 7 heteroatoms. The number of halogens is 1. The Morgan fingerprint density at radius 2 is 2.10 bits per heavy atom. The fourth-order valence-corrected chi connectivity index (χ4v) is 2.37. The minimum absolute atomic E-state index is 0.0106. The molecule has 1 aromatic rings. The van der Waals surface area contributed by atoms with Gasteiger partial charge in [0, 0.05) is 17.2 Å². The Hall–Kier alpha value is -1.27. The van der Waals surface area contributed by atoms with Crippen LogP contribution in [0.15, 0.2) is 23.1 Å². The summed E-state index contributed by atoms with van der Waals surface area (Å²) in [7, 11) is 1.50. The van der Waals surface area contributed by atoms with Crippen LogP contribution in [0.5, 0.6) is 5.75 Å². The van der Waals surface area contributed by atoms with E-state index < -0.39 is 9.05 Å². The average molecular weight is 320 g/mol. The van der Waals surface area contributed by atoms with Crippen LogP contribution in [0.3, 0.4) is 0 Å². The molecule has 0 radical (unpaired) electrons. The lowest BCUT2D eigenvalue weighted by molar-refractivity contribution is -0.123. The summed E-state index contributed by atoms with van der Waals surface area (Å²) in [5, 5.41) is 2.73. The first kappa shape index (κ1) is 16.8. The Bertz CT molecular complexity index is 572. The van der Waals surface area contributed by atoms with E-state index >= 15 is 0 Å². The van der Waals surface area contributed by atoms with Gasteiger partial charge in [-0.1, -0.05) is 13.3 Å². The van der Waals surface area contributed by atoms with Crippen LogP contribution in [0.2, 0.25) is 0 Å². The first-order chi connectivity index (χ1) is 9.34. The van der Waals surface area contributed by atoms with E-state index in [4.69, 9.17) is 15.4 Å². The number of ether oxygens (including phenoxy) is 1. The Morgan fingerprint density at radius 1 is 1.40 bits per heavy atom. The Kier molecular flexibility index (Phi) is 6.29. The van der Waals surface area contributed by atoms with Crippen LogP contribution in [-0.2, 0) is 13.8 Å². The molecule has 0 fully saturated rings. The predicted octanol–water partition coefficient (Wildman–Crippen LogP) is 2.22. The van der Waals surface area contributed by atoms with Crippen molar-refractivity contribution >= 4 is 25.6 Å². The number of hydrogen-bond acceptors (Lipinski definition) is 4. The fraction of sp³-hybridized carbons (Fsp3) is 0.462. The molecule has 0 aliphatic heterocycles. The summed E-state index contributed by atoms with van der Waals surface area (Å²) in [5.74, 6) is 0.256. The first-order valence-corrected chi connectivity index (χ1v) is 8.60. The molecule has 5 nitrogen and oxygen atoms in total. The molecule has 1 N–H and O–H groups in total. The number of rotatable bonds is 7. The van der Waals surface area contributed by atoms with Gasteiger partial charge in [0.2, 0.25) is 0 Å². The number of carbonyl (C=O) groups is 1. The Morgan fingerprint density at radius 3 is 2.65 bits per heavy atom. The van der Waals surface area contributed by atoms with E-state index in [0.29, 0.717) is 17.9 Å². The van der Waals surface area contributed by atoms with Crippen molar-refractivity contribution in [1.82, 2.24) is 5.32 Å². The number of carbonyl (C=O) groups excluding carboxylic acids is 1. The molecule has 0 atom stereocenters. The molecule has 1 amide bonds.